The van der Waals surface area contributed by atoms with E-state index >= 15 is 0 Å². The van der Waals surface area contributed by atoms with E-state index in [2.05, 4.69) is 29.9 Å². The lowest BCUT2D eigenvalue weighted by Crippen LogP contribution is -2.05. The minimum absolute atomic E-state index is 0.520. The number of hydrogen-bond donors (Lipinski definition) is 3. The Morgan fingerprint density at radius 3 is 3.05 bits per heavy atom. The van der Waals surface area contributed by atoms with Crippen LogP contribution in [0.15, 0.2) is 11.7 Å². The van der Waals surface area contributed by atoms with Gasteiger partial charge >= 0.3 is 0 Å². The monoisotopic (exact) mass is 307 g/mol. The van der Waals surface area contributed by atoms with Crippen molar-refractivity contribution in [3.63, 3.8) is 0 Å². The molecule has 20 heavy (non-hydrogen) atoms. The van der Waals surface area contributed by atoms with Crippen molar-refractivity contribution in [2.75, 3.05) is 17.6 Å². The van der Waals surface area contributed by atoms with Gasteiger partial charge in [0, 0.05) is 24.0 Å². The number of H-pyrrole nitrogens is 1. The van der Waals surface area contributed by atoms with Crippen molar-refractivity contribution >= 4 is 33.7 Å². The molecule has 7 nitrogen and oxygen atoms in total. The first-order valence-corrected chi connectivity index (χ1v) is 7.65. The minimum Gasteiger partial charge on any atom is -0.382 e. The predicted molar refractivity (Wildman–Crippen MR) is 80.9 cm³/mol. The highest BCUT2D eigenvalue weighted by Gasteiger charge is 2.16. The van der Waals surface area contributed by atoms with Crippen molar-refractivity contribution in [2.45, 2.75) is 13.3 Å². The van der Waals surface area contributed by atoms with Crippen LogP contribution < -0.4 is 11.1 Å². The second-order valence-electron chi connectivity index (χ2n) is 4.17. The van der Waals surface area contributed by atoms with Crippen LogP contribution in [-0.2, 0) is 6.42 Å². The van der Waals surface area contributed by atoms with Gasteiger partial charge in [-0.3, -0.25) is 5.10 Å². The lowest BCUT2D eigenvalue weighted by atomic mass is 10.3. The summed E-state index contributed by atoms with van der Waals surface area (Å²) >= 11 is 2.93. The molecule has 3 aromatic rings. The van der Waals surface area contributed by atoms with Crippen molar-refractivity contribution in [1.29, 1.82) is 0 Å². The number of thiazole rings is 1. The fraction of sp³-hybridized carbons (Fsp3) is 0.273. The molecule has 0 fully saturated rings. The molecule has 0 spiro atoms. The van der Waals surface area contributed by atoms with Crippen molar-refractivity contribution in [3.8, 4) is 10.6 Å². The molecule has 0 aliphatic heterocycles. The third kappa shape index (κ3) is 2.63. The molecular formula is C11H13N7S2. The van der Waals surface area contributed by atoms with Crippen molar-refractivity contribution in [3.05, 3.63) is 23.2 Å². The third-order valence-electron chi connectivity index (χ3n) is 2.66. The molecule has 0 aromatic carbocycles. The Bertz CT molecular complexity index is 686. The zero-order chi connectivity index (χ0) is 13.9. The molecule has 0 amide bonds. The Morgan fingerprint density at radius 1 is 1.45 bits per heavy atom. The van der Waals surface area contributed by atoms with Crippen LogP contribution in [0.4, 0.5) is 10.8 Å². The SMILES string of the molecule is Cc1csc(-c2c(N)nsc2NCCc2ncn[nH]2)n1. The van der Waals surface area contributed by atoms with Crippen LogP contribution >= 0.6 is 22.9 Å². The minimum atomic E-state index is 0.520. The molecule has 0 aliphatic rings. The van der Waals surface area contributed by atoms with E-state index in [1.54, 1.807) is 11.3 Å². The summed E-state index contributed by atoms with van der Waals surface area (Å²) in [7, 11) is 0. The molecule has 0 radical (unpaired) electrons. The highest BCUT2D eigenvalue weighted by molar-refractivity contribution is 7.15. The Balaban J connectivity index is 1.74. The number of nitrogens with two attached hydrogens (primary N) is 1. The van der Waals surface area contributed by atoms with Gasteiger partial charge in [0.25, 0.3) is 0 Å². The summed E-state index contributed by atoms with van der Waals surface area (Å²) < 4.78 is 4.21. The second-order valence-corrected chi connectivity index (χ2v) is 5.81. The van der Waals surface area contributed by atoms with Crippen LogP contribution in [0, 0.1) is 6.92 Å². The van der Waals surface area contributed by atoms with Gasteiger partial charge in [-0.15, -0.1) is 11.3 Å². The molecule has 3 rings (SSSR count). The van der Waals surface area contributed by atoms with Gasteiger partial charge in [-0.1, -0.05) is 0 Å². The van der Waals surface area contributed by atoms with E-state index in [0.29, 0.717) is 5.82 Å². The number of hydrogen-bond acceptors (Lipinski definition) is 8. The summed E-state index contributed by atoms with van der Waals surface area (Å²) in [4.78, 5) is 8.55. The number of nitrogens with one attached hydrogen (secondary N) is 2. The van der Waals surface area contributed by atoms with Crippen LogP contribution in [0.1, 0.15) is 11.5 Å². The molecule has 9 heteroatoms. The number of rotatable bonds is 5. The fourth-order valence-corrected chi connectivity index (χ4v) is 3.40. The van der Waals surface area contributed by atoms with Crippen LogP contribution in [-0.4, -0.2) is 31.1 Å². The smallest absolute Gasteiger partial charge is 0.149 e. The number of aromatic nitrogens is 5. The Hall–Kier alpha value is -2.00. The van der Waals surface area contributed by atoms with Crippen molar-refractivity contribution < 1.29 is 0 Å². The molecular weight excluding hydrogens is 294 g/mol. The van der Waals surface area contributed by atoms with Gasteiger partial charge in [0.1, 0.15) is 28.0 Å². The number of nitrogens with zero attached hydrogens (tertiary/aromatic N) is 4. The molecule has 104 valence electrons. The first kappa shape index (κ1) is 13.0. The van der Waals surface area contributed by atoms with E-state index in [1.807, 2.05) is 12.3 Å². The maximum atomic E-state index is 5.95. The van der Waals surface area contributed by atoms with E-state index < -0.39 is 0 Å². The maximum absolute atomic E-state index is 5.95. The van der Waals surface area contributed by atoms with Gasteiger partial charge in [0.05, 0.1) is 5.56 Å². The number of nitrogen functional groups attached to an aromatic ring is 1. The van der Waals surface area contributed by atoms with E-state index in [1.165, 1.54) is 17.9 Å². The van der Waals surface area contributed by atoms with Gasteiger partial charge in [0.15, 0.2) is 0 Å². The molecule has 0 atom stereocenters. The summed E-state index contributed by atoms with van der Waals surface area (Å²) in [5.41, 5.74) is 7.83. The highest BCUT2D eigenvalue weighted by Crippen LogP contribution is 2.38. The highest BCUT2D eigenvalue weighted by atomic mass is 32.1. The number of aryl methyl sites for hydroxylation is 1. The van der Waals surface area contributed by atoms with Crippen LogP contribution in [0.25, 0.3) is 10.6 Å². The molecule has 3 aromatic heterocycles. The summed E-state index contributed by atoms with van der Waals surface area (Å²) in [6.07, 6.45) is 2.26. The average Bonchev–Trinajstić information content (AvgIpc) is 3.12. The Labute approximate surface area is 123 Å². The first-order chi connectivity index (χ1) is 9.74. The molecule has 0 saturated carbocycles. The standard InChI is InChI=1S/C11H13N7S2/c1-6-4-19-11(16-6)8-9(12)18-20-10(8)13-3-2-7-14-5-15-17-7/h4-5,13H,2-3H2,1H3,(H2,12,18)(H,14,15,17). The zero-order valence-corrected chi connectivity index (χ0v) is 12.4. The molecule has 0 saturated heterocycles. The van der Waals surface area contributed by atoms with Gasteiger partial charge in [-0.2, -0.15) is 9.47 Å². The van der Waals surface area contributed by atoms with Gasteiger partial charge in [-0.05, 0) is 18.5 Å². The van der Waals surface area contributed by atoms with Crippen molar-refractivity contribution in [2.24, 2.45) is 0 Å². The molecule has 3 heterocycles. The predicted octanol–water partition coefficient (Wildman–Crippen LogP) is 1.93. The van der Waals surface area contributed by atoms with E-state index in [-0.39, 0.29) is 0 Å². The second kappa shape index (κ2) is 5.55. The first-order valence-electron chi connectivity index (χ1n) is 6.00. The number of aromatic amines is 1. The van der Waals surface area contributed by atoms with Crippen LogP contribution in [0.3, 0.4) is 0 Å². The quantitative estimate of drug-likeness (QED) is 0.665. The van der Waals surface area contributed by atoms with Gasteiger partial charge in [0.2, 0.25) is 0 Å². The lowest BCUT2D eigenvalue weighted by Gasteiger charge is -2.04. The summed E-state index contributed by atoms with van der Waals surface area (Å²) in [5.74, 6) is 1.37. The average molecular weight is 307 g/mol. The fourth-order valence-electron chi connectivity index (χ4n) is 1.74. The van der Waals surface area contributed by atoms with Gasteiger partial charge < -0.3 is 11.1 Å². The Morgan fingerprint density at radius 2 is 2.35 bits per heavy atom. The summed E-state index contributed by atoms with van der Waals surface area (Å²) in [5, 5.41) is 13.8. The summed E-state index contributed by atoms with van der Waals surface area (Å²) in [6, 6.07) is 0. The normalized spacial score (nSPS) is 10.8. The lowest BCUT2D eigenvalue weighted by molar-refractivity contribution is 0.903. The van der Waals surface area contributed by atoms with E-state index in [4.69, 9.17) is 5.73 Å². The van der Waals surface area contributed by atoms with E-state index in [9.17, 15) is 0 Å². The van der Waals surface area contributed by atoms with Crippen molar-refractivity contribution in [1.82, 2.24) is 24.5 Å². The van der Waals surface area contributed by atoms with E-state index in [0.717, 1.165) is 40.1 Å². The summed E-state index contributed by atoms with van der Waals surface area (Å²) in [6.45, 7) is 2.70. The molecule has 0 unspecified atom stereocenters. The Kier molecular flexibility index (Phi) is 3.61. The maximum Gasteiger partial charge on any atom is 0.149 e. The number of anilines is 2. The largest absolute Gasteiger partial charge is 0.382 e. The topological polar surface area (TPSA) is 105 Å². The van der Waals surface area contributed by atoms with Gasteiger partial charge in [-0.25, -0.2) is 9.97 Å². The van der Waals surface area contributed by atoms with Crippen LogP contribution in [0.5, 0.6) is 0 Å². The third-order valence-corrected chi connectivity index (χ3v) is 4.46. The molecule has 0 bridgehead atoms. The molecule has 0 aliphatic carbocycles. The van der Waals surface area contributed by atoms with Crippen LogP contribution in [0.2, 0.25) is 0 Å². The zero-order valence-electron chi connectivity index (χ0n) is 10.8. The molecule has 4 N–H and O–H groups in total.